The summed E-state index contributed by atoms with van der Waals surface area (Å²) in [7, 11) is 0. The second-order valence-electron chi connectivity index (χ2n) is 4.53. The average Bonchev–Trinajstić information content (AvgIpc) is 2.47. The molecule has 0 atom stereocenters. The smallest absolute Gasteiger partial charge is 0.287 e. The molecule has 0 aliphatic rings. The van der Waals surface area contributed by atoms with E-state index in [4.69, 9.17) is 5.26 Å². The van der Waals surface area contributed by atoms with Gasteiger partial charge in [-0.15, -0.1) is 0 Å². The summed E-state index contributed by atoms with van der Waals surface area (Å²) < 4.78 is 0.992. The molecular weight excluding hydrogens is 334 g/mol. The summed E-state index contributed by atoms with van der Waals surface area (Å²) in [5.41, 5.74) is 2.81. The Kier molecular flexibility index (Phi) is 4.55. The lowest BCUT2D eigenvalue weighted by molar-refractivity contribution is -0.385. The lowest BCUT2D eigenvalue weighted by Gasteiger charge is -2.10. The van der Waals surface area contributed by atoms with Gasteiger partial charge in [-0.2, -0.15) is 5.26 Å². The van der Waals surface area contributed by atoms with Crippen molar-refractivity contribution >= 4 is 27.3 Å². The van der Waals surface area contributed by atoms with Gasteiger partial charge in [-0.25, -0.2) is 0 Å². The third-order valence-corrected chi connectivity index (χ3v) is 3.60. The first-order chi connectivity index (χ1) is 10.0. The van der Waals surface area contributed by atoms with Crippen LogP contribution in [0.25, 0.3) is 0 Å². The maximum absolute atomic E-state index is 10.8. The van der Waals surface area contributed by atoms with Gasteiger partial charge in [0, 0.05) is 22.8 Å². The van der Waals surface area contributed by atoms with Gasteiger partial charge >= 0.3 is 0 Å². The van der Waals surface area contributed by atoms with Gasteiger partial charge < -0.3 is 5.32 Å². The SMILES string of the molecule is Cc1ccc(Br)cc1CNc1ccc([N+](=O)[O-])c(C#N)c1. The fourth-order valence-electron chi connectivity index (χ4n) is 1.92. The van der Waals surface area contributed by atoms with Gasteiger partial charge in [-0.1, -0.05) is 22.0 Å². The molecule has 106 valence electrons. The highest BCUT2D eigenvalue weighted by atomic mass is 79.9. The fraction of sp³-hybridized carbons (Fsp3) is 0.133. The zero-order valence-electron chi connectivity index (χ0n) is 11.3. The minimum absolute atomic E-state index is 0.0518. The van der Waals surface area contributed by atoms with E-state index in [1.807, 2.05) is 31.2 Å². The summed E-state index contributed by atoms with van der Waals surface area (Å²) in [6, 6.07) is 12.3. The van der Waals surface area contributed by atoms with Crippen LogP contribution in [0.3, 0.4) is 0 Å². The Labute approximate surface area is 130 Å². The molecule has 0 aromatic heterocycles. The zero-order chi connectivity index (χ0) is 15.4. The van der Waals surface area contributed by atoms with Crippen molar-refractivity contribution in [3.05, 3.63) is 67.7 Å². The Hall–Kier alpha value is -2.39. The van der Waals surface area contributed by atoms with Crippen molar-refractivity contribution in [2.24, 2.45) is 0 Å². The highest BCUT2D eigenvalue weighted by Crippen LogP contribution is 2.23. The van der Waals surface area contributed by atoms with Crippen molar-refractivity contribution in [3.63, 3.8) is 0 Å². The number of aryl methyl sites for hydroxylation is 1. The maximum Gasteiger partial charge on any atom is 0.287 e. The van der Waals surface area contributed by atoms with Crippen LogP contribution in [-0.2, 0) is 6.54 Å². The molecule has 0 aliphatic heterocycles. The molecule has 2 rings (SSSR count). The molecule has 6 heteroatoms. The molecule has 0 fully saturated rings. The number of nitro groups is 1. The van der Waals surface area contributed by atoms with Crippen molar-refractivity contribution in [2.45, 2.75) is 13.5 Å². The molecule has 0 saturated carbocycles. The Bertz CT molecular complexity index is 738. The number of benzene rings is 2. The predicted molar refractivity (Wildman–Crippen MR) is 84.0 cm³/mol. The molecule has 2 aromatic rings. The van der Waals surface area contributed by atoms with E-state index in [1.165, 1.54) is 12.1 Å². The van der Waals surface area contributed by atoms with E-state index in [9.17, 15) is 10.1 Å². The molecule has 1 N–H and O–H groups in total. The quantitative estimate of drug-likeness (QED) is 0.666. The molecule has 2 aromatic carbocycles. The Morgan fingerprint density at radius 3 is 2.76 bits per heavy atom. The summed E-state index contributed by atoms with van der Waals surface area (Å²) in [6.45, 7) is 2.59. The van der Waals surface area contributed by atoms with Crippen LogP contribution in [0, 0.1) is 28.4 Å². The van der Waals surface area contributed by atoms with E-state index >= 15 is 0 Å². The molecule has 0 aliphatic carbocycles. The van der Waals surface area contributed by atoms with E-state index in [0.29, 0.717) is 12.2 Å². The third-order valence-electron chi connectivity index (χ3n) is 3.11. The summed E-state index contributed by atoms with van der Waals surface area (Å²) in [5.74, 6) is 0. The summed E-state index contributed by atoms with van der Waals surface area (Å²) in [4.78, 5) is 10.2. The zero-order valence-corrected chi connectivity index (χ0v) is 12.8. The van der Waals surface area contributed by atoms with Crippen LogP contribution in [0.15, 0.2) is 40.9 Å². The topological polar surface area (TPSA) is 79.0 Å². The number of nitriles is 1. The molecule has 5 nitrogen and oxygen atoms in total. The van der Waals surface area contributed by atoms with Gasteiger partial charge in [-0.05, 0) is 42.3 Å². The molecule has 0 bridgehead atoms. The fourth-order valence-corrected chi connectivity index (χ4v) is 2.33. The number of nitrogens with zero attached hydrogens (tertiary/aromatic N) is 2. The lowest BCUT2D eigenvalue weighted by Crippen LogP contribution is -2.02. The largest absolute Gasteiger partial charge is 0.381 e. The summed E-state index contributed by atoms with van der Waals surface area (Å²) in [6.07, 6.45) is 0. The van der Waals surface area contributed by atoms with Crippen molar-refractivity contribution < 1.29 is 4.92 Å². The van der Waals surface area contributed by atoms with E-state index < -0.39 is 4.92 Å². The molecule has 0 unspecified atom stereocenters. The first-order valence-electron chi connectivity index (χ1n) is 6.18. The normalized spacial score (nSPS) is 9.95. The number of hydrogen-bond donors (Lipinski definition) is 1. The summed E-state index contributed by atoms with van der Waals surface area (Å²) >= 11 is 3.43. The minimum atomic E-state index is -0.555. The number of halogens is 1. The van der Waals surface area contributed by atoms with Gasteiger partial charge in [0.05, 0.1) is 4.92 Å². The molecule has 0 heterocycles. The van der Waals surface area contributed by atoms with Crippen LogP contribution >= 0.6 is 15.9 Å². The lowest BCUT2D eigenvalue weighted by atomic mass is 10.1. The Morgan fingerprint density at radius 2 is 2.10 bits per heavy atom. The van der Waals surface area contributed by atoms with E-state index in [0.717, 1.165) is 15.6 Å². The standard InChI is InChI=1S/C15H12BrN3O2/c1-10-2-3-13(16)6-12(10)9-18-14-4-5-15(19(20)21)11(7-14)8-17/h2-7,18H,9H2,1H3. The maximum atomic E-state index is 10.8. The van der Waals surface area contributed by atoms with Crippen LogP contribution in [0.2, 0.25) is 0 Å². The van der Waals surface area contributed by atoms with Crippen LogP contribution in [0.4, 0.5) is 11.4 Å². The van der Waals surface area contributed by atoms with Crippen molar-refractivity contribution in [3.8, 4) is 6.07 Å². The van der Waals surface area contributed by atoms with Crippen LogP contribution < -0.4 is 5.32 Å². The van der Waals surface area contributed by atoms with Crippen LogP contribution in [-0.4, -0.2) is 4.92 Å². The highest BCUT2D eigenvalue weighted by molar-refractivity contribution is 9.10. The number of anilines is 1. The van der Waals surface area contributed by atoms with Crippen LogP contribution in [0.1, 0.15) is 16.7 Å². The predicted octanol–water partition coefficient (Wildman–Crippen LogP) is 4.15. The van der Waals surface area contributed by atoms with E-state index in [-0.39, 0.29) is 11.3 Å². The molecule has 0 spiro atoms. The minimum Gasteiger partial charge on any atom is -0.381 e. The molecule has 21 heavy (non-hydrogen) atoms. The third kappa shape index (κ3) is 3.58. The number of rotatable bonds is 4. The van der Waals surface area contributed by atoms with Crippen molar-refractivity contribution in [1.29, 1.82) is 5.26 Å². The first kappa shape index (κ1) is 15.0. The molecule has 0 saturated heterocycles. The van der Waals surface area contributed by atoms with E-state index in [1.54, 1.807) is 6.07 Å². The van der Waals surface area contributed by atoms with Gasteiger partial charge in [0.2, 0.25) is 0 Å². The van der Waals surface area contributed by atoms with Gasteiger partial charge in [0.15, 0.2) is 0 Å². The molecule has 0 radical (unpaired) electrons. The molecular formula is C15H12BrN3O2. The van der Waals surface area contributed by atoms with Crippen LogP contribution in [0.5, 0.6) is 0 Å². The van der Waals surface area contributed by atoms with Crippen molar-refractivity contribution in [2.75, 3.05) is 5.32 Å². The monoisotopic (exact) mass is 345 g/mol. The second-order valence-corrected chi connectivity index (χ2v) is 5.44. The number of nitrogens with one attached hydrogen (secondary N) is 1. The first-order valence-corrected chi connectivity index (χ1v) is 6.98. The number of hydrogen-bond acceptors (Lipinski definition) is 4. The van der Waals surface area contributed by atoms with Gasteiger partial charge in [-0.3, -0.25) is 10.1 Å². The van der Waals surface area contributed by atoms with Gasteiger partial charge in [0.1, 0.15) is 11.6 Å². The van der Waals surface area contributed by atoms with Crippen molar-refractivity contribution in [1.82, 2.24) is 0 Å². The van der Waals surface area contributed by atoms with E-state index in [2.05, 4.69) is 21.2 Å². The molecule has 0 amide bonds. The summed E-state index contributed by atoms with van der Waals surface area (Å²) in [5, 5.41) is 22.9. The Morgan fingerprint density at radius 1 is 1.33 bits per heavy atom. The Balaban J connectivity index is 2.19. The van der Waals surface area contributed by atoms with Gasteiger partial charge in [0.25, 0.3) is 5.69 Å². The average molecular weight is 346 g/mol. The second kappa shape index (κ2) is 6.37. The highest BCUT2D eigenvalue weighted by Gasteiger charge is 2.13. The number of nitro benzene ring substituents is 1.